The smallest absolute Gasteiger partial charge is 0.242 e. The molecule has 0 bridgehead atoms. The summed E-state index contributed by atoms with van der Waals surface area (Å²) in [5.74, 6) is -0.642. The number of hydrogen-bond donors (Lipinski definition) is 3. The molecule has 1 aromatic carbocycles. The Hall–Kier alpha value is -0.700. The van der Waals surface area contributed by atoms with E-state index in [-0.39, 0.29) is 21.6 Å². The van der Waals surface area contributed by atoms with Crippen LogP contribution in [0, 0.1) is 5.82 Å². The standard InChI is InChI=1S/C9H12BrFN2O3S/c1-5(14)4-13-17(15,16)9-2-6(10)7(11)3-8(9)12/h2-3,5,13-14H,4,12H2,1H3. The lowest BCUT2D eigenvalue weighted by atomic mass is 10.3. The van der Waals surface area contributed by atoms with Crippen molar-refractivity contribution in [3.8, 4) is 0 Å². The van der Waals surface area contributed by atoms with Crippen molar-refractivity contribution in [1.82, 2.24) is 4.72 Å². The zero-order valence-corrected chi connectivity index (χ0v) is 11.3. The summed E-state index contributed by atoms with van der Waals surface area (Å²) in [6, 6.07) is 2.00. The molecule has 0 radical (unpaired) electrons. The monoisotopic (exact) mass is 326 g/mol. The van der Waals surface area contributed by atoms with Gasteiger partial charge in [0, 0.05) is 6.54 Å². The molecule has 0 saturated carbocycles. The van der Waals surface area contributed by atoms with E-state index in [0.29, 0.717) is 0 Å². The van der Waals surface area contributed by atoms with Crippen LogP contribution < -0.4 is 10.5 Å². The predicted octanol–water partition coefficient (Wildman–Crippen LogP) is 0.830. The molecule has 1 atom stereocenters. The number of anilines is 1. The van der Waals surface area contributed by atoms with E-state index in [2.05, 4.69) is 20.7 Å². The highest BCUT2D eigenvalue weighted by atomic mass is 79.9. The van der Waals surface area contributed by atoms with Crippen molar-refractivity contribution in [1.29, 1.82) is 0 Å². The van der Waals surface area contributed by atoms with Gasteiger partial charge < -0.3 is 10.8 Å². The van der Waals surface area contributed by atoms with Gasteiger partial charge in [-0.3, -0.25) is 0 Å². The van der Waals surface area contributed by atoms with Gasteiger partial charge in [-0.15, -0.1) is 0 Å². The number of benzene rings is 1. The van der Waals surface area contributed by atoms with Gasteiger partial charge >= 0.3 is 0 Å². The third-order valence-corrected chi connectivity index (χ3v) is 4.00. The lowest BCUT2D eigenvalue weighted by molar-refractivity contribution is 0.198. The molecule has 0 aliphatic rings. The van der Waals surface area contributed by atoms with E-state index in [1.165, 1.54) is 6.92 Å². The third kappa shape index (κ3) is 3.63. The van der Waals surface area contributed by atoms with Gasteiger partial charge in [0.2, 0.25) is 10.0 Å². The molecule has 0 spiro atoms. The summed E-state index contributed by atoms with van der Waals surface area (Å²) >= 11 is 2.88. The fourth-order valence-corrected chi connectivity index (χ4v) is 2.84. The van der Waals surface area contributed by atoms with Gasteiger partial charge in [0.15, 0.2) is 0 Å². The Morgan fingerprint density at radius 3 is 2.71 bits per heavy atom. The summed E-state index contributed by atoms with van der Waals surface area (Å²) < 4.78 is 38.8. The molecule has 0 heterocycles. The van der Waals surface area contributed by atoms with E-state index in [1.807, 2.05) is 0 Å². The number of hydrogen-bond acceptors (Lipinski definition) is 4. The minimum atomic E-state index is -3.86. The first kappa shape index (κ1) is 14.4. The fraction of sp³-hybridized carbons (Fsp3) is 0.333. The van der Waals surface area contributed by atoms with Crippen molar-refractivity contribution >= 4 is 31.6 Å². The molecule has 0 aliphatic carbocycles. The molecule has 1 rings (SSSR count). The Labute approximate surface area is 107 Å². The van der Waals surface area contributed by atoms with Crippen LogP contribution in [0.4, 0.5) is 10.1 Å². The van der Waals surface area contributed by atoms with Crippen molar-refractivity contribution in [3.63, 3.8) is 0 Å². The van der Waals surface area contributed by atoms with Crippen molar-refractivity contribution in [2.75, 3.05) is 12.3 Å². The van der Waals surface area contributed by atoms with Crippen LogP contribution >= 0.6 is 15.9 Å². The van der Waals surface area contributed by atoms with Crippen LogP contribution in [0.25, 0.3) is 0 Å². The van der Waals surface area contributed by atoms with Crippen LogP contribution in [-0.4, -0.2) is 26.2 Å². The van der Waals surface area contributed by atoms with Gasteiger partial charge in [-0.25, -0.2) is 17.5 Å². The number of nitrogens with one attached hydrogen (secondary N) is 1. The number of nitrogen functional groups attached to an aromatic ring is 1. The summed E-state index contributed by atoms with van der Waals surface area (Å²) in [7, 11) is -3.86. The molecule has 0 fully saturated rings. The Balaban J connectivity index is 3.11. The first-order valence-electron chi connectivity index (χ1n) is 4.66. The number of aliphatic hydroxyl groups is 1. The molecule has 8 heteroatoms. The van der Waals surface area contributed by atoms with Crippen LogP contribution in [-0.2, 0) is 10.0 Å². The van der Waals surface area contributed by atoms with Crippen molar-refractivity contribution < 1.29 is 17.9 Å². The van der Waals surface area contributed by atoms with Crippen molar-refractivity contribution in [2.24, 2.45) is 0 Å². The van der Waals surface area contributed by atoms with Crippen LogP contribution in [0.1, 0.15) is 6.92 Å². The lowest BCUT2D eigenvalue weighted by Gasteiger charge is -2.11. The van der Waals surface area contributed by atoms with E-state index in [9.17, 15) is 12.8 Å². The van der Waals surface area contributed by atoms with Crippen molar-refractivity contribution in [3.05, 3.63) is 22.4 Å². The maximum Gasteiger partial charge on any atom is 0.242 e. The number of halogens is 2. The van der Waals surface area contributed by atoms with Gasteiger partial charge in [0.25, 0.3) is 0 Å². The lowest BCUT2D eigenvalue weighted by Crippen LogP contribution is -2.31. The fourth-order valence-electron chi connectivity index (χ4n) is 1.08. The molecule has 1 unspecified atom stereocenters. The second-order valence-corrected chi connectivity index (χ2v) is 6.09. The molecule has 4 N–H and O–H groups in total. The number of nitrogens with two attached hydrogens (primary N) is 1. The number of sulfonamides is 1. The van der Waals surface area contributed by atoms with Gasteiger partial charge in [0.05, 0.1) is 16.3 Å². The quantitative estimate of drug-likeness (QED) is 0.714. The van der Waals surface area contributed by atoms with Gasteiger partial charge in [-0.05, 0) is 35.0 Å². The Morgan fingerprint density at radius 1 is 1.59 bits per heavy atom. The van der Waals surface area contributed by atoms with E-state index >= 15 is 0 Å². The second-order valence-electron chi connectivity index (χ2n) is 3.51. The molecular formula is C9H12BrFN2O3S. The van der Waals surface area contributed by atoms with Crippen LogP contribution in [0.5, 0.6) is 0 Å². The molecule has 1 aromatic rings. The molecule has 0 amide bonds. The van der Waals surface area contributed by atoms with Gasteiger partial charge in [0.1, 0.15) is 10.7 Å². The molecular weight excluding hydrogens is 315 g/mol. The Bertz CT molecular complexity index is 519. The molecule has 5 nitrogen and oxygen atoms in total. The van der Waals surface area contributed by atoms with Gasteiger partial charge in [-0.2, -0.15) is 0 Å². The maximum absolute atomic E-state index is 13.1. The van der Waals surface area contributed by atoms with Crippen LogP contribution in [0.15, 0.2) is 21.5 Å². The van der Waals surface area contributed by atoms with E-state index in [4.69, 9.17) is 10.8 Å². The Morgan fingerprint density at radius 2 is 2.18 bits per heavy atom. The maximum atomic E-state index is 13.1. The van der Waals surface area contributed by atoms with E-state index in [0.717, 1.165) is 12.1 Å². The minimum Gasteiger partial charge on any atom is -0.398 e. The summed E-state index contributed by atoms with van der Waals surface area (Å²) in [4.78, 5) is -0.230. The first-order chi connectivity index (χ1) is 7.74. The predicted molar refractivity (Wildman–Crippen MR) is 65.4 cm³/mol. The minimum absolute atomic E-state index is 0.00382. The van der Waals surface area contributed by atoms with Crippen LogP contribution in [0.2, 0.25) is 0 Å². The molecule has 17 heavy (non-hydrogen) atoms. The number of rotatable bonds is 4. The zero-order chi connectivity index (χ0) is 13.2. The van der Waals surface area contributed by atoms with Gasteiger partial charge in [-0.1, -0.05) is 0 Å². The molecule has 0 saturated heterocycles. The average molecular weight is 327 g/mol. The molecule has 96 valence electrons. The largest absolute Gasteiger partial charge is 0.398 e. The topological polar surface area (TPSA) is 92.4 Å². The summed E-state index contributed by atoms with van der Waals surface area (Å²) in [5.41, 5.74) is 5.25. The van der Waals surface area contributed by atoms with Crippen LogP contribution in [0.3, 0.4) is 0 Å². The van der Waals surface area contributed by atoms with Crippen molar-refractivity contribution in [2.45, 2.75) is 17.9 Å². The molecule has 0 aliphatic heterocycles. The highest BCUT2D eigenvalue weighted by molar-refractivity contribution is 9.10. The summed E-state index contributed by atoms with van der Waals surface area (Å²) in [5, 5.41) is 9.00. The SMILES string of the molecule is CC(O)CNS(=O)(=O)c1cc(Br)c(F)cc1N. The molecule has 0 aromatic heterocycles. The summed E-state index contributed by atoms with van der Waals surface area (Å²) in [6.45, 7) is 1.29. The average Bonchev–Trinajstić information content (AvgIpc) is 2.20. The van der Waals surface area contributed by atoms with E-state index in [1.54, 1.807) is 0 Å². The van der Waals surface area contributed by atoms with E-state index < -0.39 is 21.9 Å². The normalized spacial score (nSPS) is 13.6. The second kappa shape index (κ2) is 5.30. The summed E-state index contributed by atoms with van der Waals surface area (Å²) in [6.07, 6.45) is -0.824. The third-order valence-electron chi connectivity index (χ3n) is 1.91. The highest BCUT2D eigenvalue weighted by Crippen LogP contribution is 2.25. The highest BCUT2D eigenvalue weighted by Gasteiger charge is 2.19. The number of aliphatic hydroxyl groups excluding tert-OH is 1. The Kier molecular flexibility index (Phi) is 4.48. The zero-order valence-electron chi connectivity index (χ0n) is 8.94. The first-order valence-corrected chi connectivity index (χ1v) is 6.94.